The molecule has 2 aromatic rings. The lowest BCUT2D eigenvalue weighted by molar-refractivity contribution is 0.109. The standard InChI is InChI=1S/C16H19N3O2S/c1-16(2)11-19(15-6-4-5-9-17-15)13-10-12(18-22(3)20)7-8-14(13)21-16/h4-10,18H,11H2,1-3H3. The quantitative estimate of drug-likeness (QED) is 0.882. The van der Waals surface area contributed by atoms with Crippen LogP contribution in [0.5, 0.6) is 5.75 Å². The number of anilines is 3. The Morgan fingerprint density at radius 1 is 1.32 bits per heavy atom. The number of rotatable bonds is 3. The Morgan fingerprint density at radius 3 is 2.82 bits per heavy atom. The van der Waals surface area contributed by atoms with E-state index in [9.17, 15) is 4.55 Å². The van der Waals surface area contributed by atoms with E-state index in [0.29, 0.717) is 6.54 Å². The van der Waals surface area contributed by atoms with E-state index in [-0.39, 0.29) is 5.60 Å². The number of nitrogens with one attached hydrogen (secondary N) is 1. The van der Waals surface area contributed by atoms with Crippen LogP contribution >= 0.6 is 0 Å². The molecule has 1 unspecified atom stereocenters. The number of ether oxygens (including phenoxy) is 1. The van der Waals surface area contributed by atoms with Gasteiger partial charge in [0, 0.05) is 6.20 Å². The lowest BCUT2D eigenvalue weighted by Gasteiger charge is -2.40. The van der Waals surface area contributed by atoms with E-state index in [1.54, 1.807) is 12.5 Å². The normalized spacial score (nSPS) is 17.4. The van der Waals surface area contributed by atoms with Gasteiger partial charge in [-0.3, -0.25) is 0 Å². The summed E-state index contributed by atoms with van der Waals surface area (Å²) in [6, 6.07) is 11.6. The third-order valence-corrected chi connectivity index (χ3v) is 3.89. The highest BCUT2D eigenvalue weighted by molar-refractivity contribution is 7.92. The molecule has 22 heavy (non-hydrogen) atoms. The lowest BCUT2D eigenvalue weighted by Crippen LogP contribution is -2.45. The Kier molecular flexibility index (Phi) is 3.88. The van der Waals surface area contributed by atoms with Gasteiger partial charge in [0.25, 0.3) is 0 Å². The Bertz CT molecular complexity index is 662. The van der Waals surface area contributed by atoms with Crippen LogP contribution in [0.2, 0.25) is 0 Å². The molecule has 1 atom stereocenters. The predicted molar refractivity (Wildman–Crippen MR) is 90.1 cm³/mol. The van der Waals surface area contributed by atoms with E-state index in [0.717, 1.165) is 22.9 Å². The summed E-state index contributed by atoms with van der Waals surface area (Å²) < 4.78 is 20.4. The summed E-state index contributed by atoms with van der Waals surface area (Å²) in [5, 5.41) is 0. The molecule has 2 heterocycles. The molecule has 6 heteroatoms. The van der Waals surface area contributed by atoms with Crippen molar-refractivity contribution in [1.82, 2.24) is 4.98 Å². The van der Waals surface area contributed by atoms with Crippen molar-refractivity contribution < 1.29 is 9.29 Å². The summed E-state index contributed by atoms with van der Waals surface area (Å²) in [6.45, 7) is 4.80. The zero-order valence-electron chi connectivity index (χ0n) is 12.9. The zero-order valence-corrected chi connectivity index (χ0v) is 13.7. The first-order valence-corrected chi connectivity index (χ1v) is 8.62. The van der Waals surface area contributed by atoms with Crippen molar-refractivity contribution in [2.75, 3.05) is 22.4 Å². The number of aromatic nitrogens is 1. The fourth-order valence-electron chi connectivity index (χ4n) is 2.56. The molecule has 3 rings (SSSR count). The molecule has 0 spiro atoms. The van der Waals surface area contributed by atoms with Crippen LogP contribution in [0.3, 0.4) is 0 Å². The molecule has 0 fully saturated rings. The lowest BCUT2D eigenvalue weighted by atomic mass is 10.0. The van der Waals surface area contributed by atoms with Gasteiger partial charge in [0.05, 0.1) is 29.3 Å². The van der Waals surface area contributed by atoms with Crippen LogP contribution in [-0.2, 0) is 11.4 Å². The average molecular weight is 317 g/mol. The van der Waals surface area contributed by atoms with E-state index in [1.165, 1.54) is 0 Å². The van der Waals surface area contributed by atoms with Gasteiger partial charge >= 0.3 is 0 Å². The van der Waals surface area contributed by atoms with Crippen LogP contribution in [0.1, 0.15) is 13.8 Å². The van der Waals surface area contributed by atoms with Crippen LogP contribution in [-0.4, -0.2) is 27.9 Å². The molecule has 0 aliphatic carbocycles. The number of pyridine rings is 1. The Labute approximate surface area is 133 Å². The molecule has 0 amide bonds. The highest BCUT2D eigenvalue weighted by Crippen LogP contribution is 2.41. The van der Waals surface area contributed by atoms with Crippen molar-refractivity contribution in [3.63, 3.8) is 0 Å². The van der Waals surface area contributed by atoms with Gasteiger partial charge in [-0.1, -0.05) is 6.07 Å². The minimum absolute atomic E-state index is 0.312. The number of fused-ring (bicyclic) bond motifs is 1. The second-order valence-corrected chi connectivity index (χ2v) is 6.99. The fourth-order valence-corrected chi connectivity index (χ4v) is 3.02. The van der Waals surface area contributed by atoms with Gasteiger partial charge < -0.3 is 14.2 Å². The molecule has 0 radical (unpaired) electrons. The van der Waals surface area contributed by atoms with E-state index >= 15 is 0 Å². The second-order valence-electron chi connectivity index (χ2n) is 5.87. The third kappa shape index (κ3) is 3.13. The Balaban J connectivity index is 2.05. The molecule has 1 aliphatic rings. The van der Waals surface area contributed by atoms with Gasteiger partial charge in [-0.15, -0.1) is 0 Å². The zero-order chi connectivity index (χ0) is 15.7. The largest absolute Gasteiger partial charge is 0.593 e. The van der Waals surface area contributed by atoms with Gasteiger partial charge in [0.15, 0.2) is 0 Å². The van der Waals surface area contributed by atoms with Gasteiger partial charge in [-0.05, 0) is 44.2 Å². The fraction of sp³-hybridized carbons (Fsp3) is 0.312. The number of benzene rings is 1. The van der Waals surface area contributed by atoms with E-state index in [2.05, 4.69) is 28.5 Å². The first-order chi connectivity index (χ1) is 10.4. The molecule has 1 N–H and O–H groups in total. The molecular formula is C16H19N3O2S. The number of hydrogen-bond acceptors (Lipinski definition) is 5. The summed E-state index contributed by atoms with van der Waals surface area (Å²) in [5.74, 6) is 1.67. The van der Waals surface area contributed by atoms with Crippen molar-refractivity contribution >= 4 is 28.6 Å². The third-order valence-electron chi connectivity index (χ3n) is 3.36. The van der Waals surface area contributed by atoms with Crippen LogP contribution < -0.4 is 14.4 Å². The maximum Gasteiger partial charge on any atom is 0.144 e. The van der Waals surface area contributed by atoms with Gasteiger partial charge in [0.2, 0.25) is 0 Å². The Hall–Kier alpha value is -1.92. The van der Waals surface area contributed by atoms with E-state index in [4.69, 9.17) is 4.74 Å². The summed E-state index contributed by atoms with van der Waals surface area (Å²) >= 11 is -1.11. The SMILES string of the molecule is C[S+]([O-])Nc1ccc2c(c1)N(c1ccccn1)CC(C)(C)O2. The molecule has 0 bridgehead atoms. The molecule has 1 aromatic heterocycles. The topological polar surface area (TPSA) is 60.5 Å². The predicted octanol–water partition coefficient (Wildman–Crippen LogP) is 3.10. The smallest absolute Gasteiger partial charge is 0.144 e. The molecule has 116 valence electrons. The molecule has 5 nitrogen and oxygen atoms in total. The summed E-state index contributed by atoms with van der Waals surface area (Å²) in [5.41, 5.74) is 1.41. The van der Waals surface area contributed by atoms with Crippen LogP contribution in [0.15, 0.2) is 42.6 Å². The highest BCUT2D eigenvalue weighted by Gasteiger charge is 2.33. The number of hydrogen-bond donors (Lipinski definition) is 1. The van der Waals surface area contributed by atoms with E-state index in [1.807, 2.05) is 36.4 Å². The summed E-state index contributed by atoms with van der Waals surface area (Å²) in [6.07, 6.45) is 3.39. The Morgan fingerprint density at radius 2 is 2.14 bits per heavy atom. The minimum atomic E-state index is -1.11. The van der Waals surface area contributed by atoms with Crippen molar-refractivity contribution in [2.45, 2.75) is 19.4 Å². The minimum Gasteiger partial charge on any atom is -0.593 e. The van der Waals surface area contributed by atoms with Crippen LogP contribution in [0.25, 0.3) is 0 Å². The number of nitrogens with zero attached hydrogens (tertiary/aromatic N) is 2. The molecule has 1 aromatic carbocycles. The first kappa shape index (κ1) is 15.0. The second kappa shape index (κ2) is 5.70. The van der Waals surface area contributed by atoms with E-state index < -0.39 is 11.4 Å². The molecule has 0 saturated heterocycles. The molecular weight excluding hydrogens is 298 g/mol. The summed E-state index contributed by atoms with van der Waals surface area (Å²) in [7, 11) is 0. The maximum absolute atomic E-state index is 11.4. The van der Waals surface area contributed by atoms with Gasteiger partial charge in [-0.2, -0.15) is 0 Å². The molecule has 0 saturated carbocycles. The maximum atomic E-state index is 11.4. The first-order valence-electron chi connectivity index (χ1n) is 7.06. The van der Waals surface area contributed by atoms with Crippen LogP contribution in [0.4, 0.5) is 17.2 Å². The van der Waals surface area contributed by atoms with Crippen molar-refractivity contribution in [3.8, 4) is 5.75 Å². The van der Waals surface area contributed by atoms with Crippen LogP contribution in [0, 0.1) is 0 Å². The van der Waals surface area contributed by atoms with Gasteiger partial charge in [-0.25, -0.2) is 9.71 Å². The summed E-state index contributed by atoms with van der Waals surface area (Å²) in [4.78, 5) is 6.57. The monoisotopic (exact) mass is 317 g/mol. The van der Waals surface area contributed by atoms with Crippen molar-refractivity contribution in [3.05, 3.63) is 42.6 Å². The highest BCUT2D eigenvalue weighted by atomic mass is 32.2. The van der Waals surface area contributed by atoms with Gasteiger partial charge in [0.1, 0.15) is 23.4 Å². The molecule has 1 aliphatic heterocycles. The van der Waals surface area contributed by atoms with Crippen molar-refractivity contribution in [2.24, 2.45) is 0 Å². The van der Waals surface area contributed by atoms with Crippen molar-refractivity contribution in [1.29, 1.82) is 0 Å². The average Bonchev–Trinajstić information content (AvgIpc) is 2.46.